The maximum atomic E-state index is 13.4. The second-order valence-electron chi connectivity index (χ2n) is 10.6. The third kappa shape index (κ3) is 6.74. The predicted octanol–water partition coefficient (Wildman–Crippen LogP) is 5.93. The fourth-order valence-electron chi connectivity index (χ4n) is 5.13. The molecule has 212 valence electrons. The quantitative estimate of drug-likeness (QED) is 0.261. The Morgan fingerprint density at radius 2 is 1.77 bits per heavy atom. The summed E-state index contributed by atoms with van der Waals surface area (Å²) >= 11 is 6.46. The topological polar surface area (TPSA) is 112 Å². The number of carboxylic acid groups (broad SMARTS) is 1. The summed E-state index contributed by atoms with van der Waals surface area (Å²) in [6.45, 7) is 3.25. The van der Waals surface area contributed by atoms with Crippen LogP contribution in [-0.2, 0) is 4.79 Å². The average Bonchev–Trinajstić information content (AvgIpc) is 2.92. The number of phenols is 1. The molecule has 0 spiro atoms. The number of carbonyl (C=O) groups is 2. The van der Waals surface area contributed by atoms with Crippen molar-refractivity contribution in [3.63, 3.8) is 0 Å². The van der Waals surface area contributed by atoms with Crippen LogP contribution in [0.15, 0.2) is 48.5 Å². The van der Waals surface area contributed by atoms with Crippen LogP contribution in [0.3, 0.4) is 0 Å². The molecular weight excluding hydrogens is 530 g/mol. The van der Waals surface area contributed by atoms with Crippen molar-refractivity contribution in [1.82, 2.24) is 15.2 Å². The molecule has 1 aliphatic rings. The number of hydrogen-bond donors (Lipinski definition) is 3. The Balaban J connectivity index is 1.74. The highest BCUT2D eigenvalue weighted by Gasteiger charge is 2.41. The highest BCUT2D eigenvalue weighted by molar-refractivity contribution is 6.32. The van der Waals surface area contributed by atoms with E-state index in [0.717, 1.165) is 48.9 Å². The van der Waals surface area contributed by atoms with E-state index in [4.69, 9.17) is 21.3 Å². The predicted molar refractivity (Wildman–Crippen MR) is 156 cm³/mol. The summed E-state index contributed by atoms with van der Waals surface area (Å²) in [5, 5.41) is 23.2. The molecule has 0 radical (unpaired) electrons. The molecule has 3 aromatic rings. The zero-order valence-electron chi connectivity index (χ0n) is 23.2. The molecule has 3 N–H and O–H groups in total. The smallest absolute Gasteiger partial charge is 0.329 e. The van der Waals surface area contributed by atoms with Crippen molar-refractivity contribution in [1.29, 1.82) is 0 Å². The maximum absolute atomic E-state index is 13.4. The van der Waals surface area contributed by atoms with Gasteiger partial charge in [0.2, 0.25) is 0 Å². The first kappa shape index (κ1) is 29.4. The van der Waals surface area contributed by atoms with Crippen LogP contribution < -0.4 is 10.1 Å². The van der Waals surface area contributed by atoms with Crippen molar-refractivity contribution in [2.75, 3.05) is 27.2 Å². The number of carboxylic acids is 1. The van der Waals surface area contributed by atoms with Crippen LogP contribution in [0.2, 0.25) is 5.02 Å². The molecule has 2 aromatic carbocycles. The molecule has 0 unspecified atom stereocenters. The largest absolute Gasteiger partial charge is 0.508 e. The van der Waals surface area contributed by atoms with Crippen molar-refractivity contribution < 1.29 is 24.5 Å². The molecule has 0 atom stereocenters. The van der Waals surface area contributed by atoms with Gasteiger partial charge in [-0.15, -0.1) is 0 Å². The van der Waals surface area contributed by atoms with Gasteiger partial charge in [-0.25, -0.2) is 9.78 Å². The molecule has 1 aromatic heterocycles. The van der Waals surface area contributed by atoms with E-state index in [9.17, 15) is 19.8 Å². The first-order valence-electron chi connectivity index (χ1n) is 13.5. The highest BCUT2D eigenvalue weighted by Crippen LogP contribution is 2.37. The van der Waals surface area contributed by atoms with Crippen LogP contribution in [0.1, 0.15) is 54.6 Å². The number of aryl methyl sites for hydroxylation is 1. The molecule has 4 rings (SSSR count). The third-order valence-electron chi connectivity index (χ3n) is 7.31. The lowest BCUT2D eigenvalue weighted by atomic mass is 9.81. The zero-order chi connectivity index (χ0) is 28.9. The van der Waals surface area contributed by atoms with Gasteiger partial charge >= 0.3 is 5.97 Å². The molecular formula is C31H36ClN3O5. The monoisotopic (exact) mass is 565 g/mol. The standard InChI is InChI=1S/C31H36ClN3O5/c1-20-18-22(36)9-10-23(20)24-11-13-26(29(37)34-31(30(38)39)14-5-4-6-15-31)33-28(24)21-8-12-25(32)27(19-21)40-17-7-16-35(2)3/h8-13,18-19,36H,4-7,14-17H2,1-3H3,(H,34,37)(H,38,39). The minimum Gasteiger partial charge on any atom is -0.508 e. The third-order valence-corrected chi connectivity index (χ3v) is 7.62. The van der Waals surface area contributed by atoms with Crippen LogP contribution >= 0.6 is 11.6 Å². The Hall–Kier alpha value is -3.62. The van der Waals surface area contributed by atoms with Crippen LogP contribution in [0.25, 0.3) is 22.4 Å². The van der Waals surface area contributed by atoms with Gasteiger partial charge in [0.25, 0.3) is 5.91 Å². The normalized spacial score (nSPS) is 14.6. The zero-order valence-corrected chi connectivity index (χ0v) is 23.9. The SMILES string of the molecule is Cc1cc(O)ccc1-c1ccc(C(=O)NC2(C(=O)O)CCCCC2)nc1-c1ccc(Cl)c(OCCCN(C)C)c1. The lowest BCUT2D eigenvalue weighted by molar-refractivity contribution is -0.145. The maximum Gasteiger partial charge on any atom is 0.329 e. The number of phenolic OH excluding ortho intramolecular Hbond substituents is 1. The fraction of sp³-hybridized carbons (Fsp3) is 0.387. The second kappa shape index (κ2) is 12.7. The van der Waals surface area contributed by atoms with E-state index in [1.54, 1.807) is 42.5 Å². The lowest BCUT2D eigenvalue weighted by Crippen LogP contribution is -2.55. The first-order valence-corrected chi connectivity index (χ1v) is 13.9. The van der Waals surface area contributed by atoms with Crippen molar-refractivity contribution in [2.24, 2.45) is 0 Å². The molecule has 0 saturated heterocycles. The summed E-state index contributed by atoms with van der Waals surface area (Å²) in [6.07, 6.45) is 4.03. The Bertz CT molecular complexity index is 1390. The fourth-order valence-corrected chi connectivity index (χ4v) is 5.30. The molecule has 1 aliphatic carbocycles. The van der Waals surface area contributed by atoms with Crippen LogP contribution in [0.4, 0.5) is 0 Å². The van der Waals surface area contributed by atoms with Gasteiger partial charge in [0, 0.05) is 17.7 Å². The molecule has 1 saturated carbocycles. The van der Waals surface area contributed by atoms with Crippen molar-refractivity contribution in [3.8, 4) is 33.9 Å². The van der Waals surface area contributed by atoms with E-state index >= 15 is 0 Å². The molecule has 1 amide bonds. The number of nitrogens with one attached hydrogen (secondary N) is 1. The van der Waals surface area contributed by atoms with Crippen LogP contribution in [0, 0.1) is 6.92 Å². The summed E-state index contributed by atoms with van der Waals surface area (Å²) < 4.78 is 5.99. The number of halogens is 1. The number of benzene rings is 2. The number of pyridine rings is 1. The molecule has 9 heteroatoms. The Morgan fingerprint density at radius 3 is 2.45 bits per heavy atom. The summed E-state index contributed by atoms with van der Waals surface area (Å²) in [5.41, 5.74) is 2.45. The van der Waals surface area contributed by atoms with Crippen molar-refractivity contribution >= 4 is 23.5 Å². The highest BCUT2D eigenvalue weighted by atomic mass is 35.5. The number of hydrogen-bond acceptors (Lipinski definition) is 6. The van der Waals surface area contributed by atoms with Gasteiger partial charge in [0.05, 0.1) is 17.3 Å². The summed E-state index contributed by atoms with van der Waals surface area (Å²) in [7, 11) is 4.00. The van der Waals surface area contributed by atoms with Crippen LogP contribution in [0.5, 0.6) is 11.5 Å². The van der Waals surface area contributed by atoms with E-state index in [2.05, 4.69) is 10.2 Å². The van der Waals surface area contributed by atoms with E-state index in [1.807, 2.05) is 27.1 Å². The minimum atomic E-state index is -1.29. The van der Waals surface area contributed by atoms with Gasteiger partial charge < -0.3 is 25.2 Å². The van der Waals surface area contributed by atoms with Gasteiger partial charge in [-0.05, 0) is 87.8 Å². The number of carbonyl (C=O) groups excluding carboxylic acids is 1. The number of ether oxygens (including phenoxy) is 1. The van der Waals surface area contributed by atoms with E-state index in [-0.39, 0.29) is 11.4 Å². The molecule has 1 fully saturated rings. The van der Waals surface area contributed by atoms with E-state index in [1.165, 1.54) is 0 Å². The number of amides is 1. The molecule has 40 heavy (non-hydrogen) atoms. The summed E-state index contributed by atoms with van der Waals surface area (Å²) in [6, 6.07) is 13.8. The van der Waals surface area contributed by atoms with Crippen molar-refractivity contribution in [2.45, 2.75) is 51.0 Å². The van der Waals surface area contributed by atoms with Gasteiger partial charge in [0.1, 0.15) is 22.7 Å². The number of aromatic nitrogens is 1. The molecule has 1 heterocycles. The minimum absolute atomic E-state index is 0.116. The number of rotatable bonds is 10. The van der Waals surface area contributed by atoms with Gasteiger partial charge in [-0.2, -0.15) is 0 Å². The Morgan fingerprint density at radius 1 is 1.05 bits per heavy atom. The molecule has 0 bridgehead atoms. The van der Waals surface area contributed by atoms with E-state index in [0.29, 0.717) is 41.5 Å². The van der Waals surface area contributed by atoms with Gasteiger partial charge in [-0.3, -0.25) is 4.79 Å². The van der Waals surface area contributed by atoms with Gasteiger partial charge in [-0.1, -0.05) is 43.0 Å². The average molecular weight is 566 g/mol. The Kier molecular flexibility index (Phi) is 9.32. The second-order valence-corrected chi connectivity index (χ2v) is 11.1. The van der Waals surface area contributed by atoms with Gasteiger partial charge in [0.15, 0.2) is 0 Å². The lowest BCUT2D eigenvalue weighted by Gasteiger charge is -2.33. The number of aromatic hydroxyl groups is 1. The molecule has 8 nitrogen and oxygen atoms in total. The van der Waals surface area contributed by atoms with Crippen molar-refractivity contribution in [3.05, 3.63) is 64.8 Å². The summed E-state index contributed by atoms with van der Waals surface area (Å²) in [4.78, 5) is 32.4. The summed E-state index contributed by atoms with van der Waals surface area (Å²) in [5.74, 6) is -0.896. The van der Waals surface area contributed by atoms with Crippen LogP contribution in [-0.4, -0.2) is 64.8 Å². The first-order chi connectivity index (χ1) is 19.1. The molecule has 0 aliphatic heterocycles. The number of nitrogens with zero attached hydrogens (tertiary/aromatic N) is 2. The number of aliphatic carboxylic acids is 1. The van der Waals surface area contributed by atoms with E-state index < -0.39 is 17.4 Å². The Labute approximate surface area is 240 Å².